The van der Waals surface area contributed by atoms with E-state index in [-0.39, 0.29) is 0 Å². The van der Waals surface area contributed by atoms with Crippen molar-refractivity contribution in [1.82, 2.24) is 9.97 Å². The number of aromatic nitrogens is 2. The zero-order valence-corrected chi connectivity index (χ0v) is 14.2. The van der Waals surface area contributed by atoms with Gasteiger partial charge in [-0.15, -0.1) is 0 Å². The molecule has 0 bridgehead atoms. The molecule has 1 aromatic heterocycles. The average Bonchev–Trinajstić information content (AvgIpc) is 2.61. The van der Waals surface area contributed by atoms with Crippen LogP contribution >= 0.6 is 0 Å². The van der Waals surface area contributed by atoms with Crippen LogP contribution in [0.5, 0.6) is 0 Å². The molecule has 0 amide bonds. The zero-order chi connectivity index (χ0) is 16.5. The molecule has 2 heterocycles. The van der Waals surface area contributed by atoms with Crippen molar-refractivity contribution in [1.29, 1.82) is 0 Å². The van der Waals surface area contributed by atoms with Gasteiger partial charge in [0, 0.05) is 24.5 Å². The number of anilines is 2. The highest BCUT2D eigenvalue weighted by Gasteiger charge is 2.19. The minimum atomic E-state index is 0.332. The standard InChI is InChI=1S/C20H22N4/c1-14(2)21-19-17-9-5-6-10-18(17)22-20(23-19)24-12-11-15-7-3-4-8-16(15)13-24/h3-10,14H,11-13H2,1-2H3,(H,21,22,23). The number of benzene rings is 2. The molecule has 3 aromatic rings. The Morgan fingerprint density at radius 1 is 0.958 bits per heavy atom. The minimum Gasteiger partial charge on any atom is -0.367 e. The number of hydrogen-bond donors (Lipinski definition) is 1. The summed E-state index contributed by atoms with van der Waals surface area (Å²) < 4.78 is 0. The van der Waals surface area contributed by atoms with Gasteiger partial charge in [0.2, 0.25) is 5.95 Å². The lowest BCUT2D eigenvalue weighted by Gasteiger charge is -2.29. The predicted octanol–water partition coefficient (Wildman–Crippen LogP) is 4.01. The maximum absolute atomic E-state index is 4.84. The monoisotopic (exact) mass is 318 g/mol. The molecule has 1 aliphatic rings. The number of para-hydroxylation sites is 1. The van der Waals surface area contributed by atoms with Crippen molar-refractivity contribution in [3.63, 3.8) is 0 Å². The van der Waals surface area contributed by atoms with E-state index in [9.17, 15) is 0 Å². The molecule has 1 N–H and O–H groups in total. The molecule has 0 saturated carbocycles. The van der Waals surface area contributed by atoms with Crippen LogP contribution in [0.2, 0.25) is 0 Å². The van der Waals surface area contributed by atoms with E-state index in [4.69, 9.17) is 9.97 Å². The number of hydrogen-bond acceptors (Lipinski definition) is 4. The molecule has 0 saturated heterocycles. The first kappa shape index (κ1) is 14.9. The van der Waals surface area contributed by atoms with Crippen molar-refractivity contribution in [2.45, 2.75) is 32.9 Å². The molecule has 4 rings (SSSR count). The van der Waals surface area contributed by atoms with Crippen molar-refractivity contribution in [3.8, 4) is 0 Å². The lowest BCUT2D eigenvalue weighted by atomic mass is 10.0. The molecule has 0 radical (unpaired) electrons. The van der Waals surface area contributed by atoms with Gasteiger partial charge in [-0.25, -0.2) is 4.98 Å². The van der Waals surface area contributed by atoms with Crippen molar-refractivity contribution < 1.29 is 0 Å². The highest BCUT2D eigenvalue weighted by atomic mass is 15.3. The van der Waals surface area contributed by atoms with Gasteiger partial charge in [-0.1, -0.05) is 36.4 Å². The number of rotatable bonds is 3. The van der Waals surface area contributed by atoms with Crippen LogP contribution in [0.4, 0.5) is 11.8 Å². The van der Waals surface area contributed by atoms with E-state index in [1.54, 1.807) is 0 Å². The third-order valence-electron chi connectivity index (χ3n) is 4.43. The minimum absolute atomic E-state index is 0.332. The number of nitrogens with one attached hydrogen (secondary N) is 1. The molecule has 0 atom stereocenters. The Balaban J connectivity index is 1.74. The first-order valence-electron chi connectivity index (χ1n) is 8.56. The summed E-state index contributed by atoms with van der Waals surface area (Å²) in [5.74, 6) is 1.73. The van der Waals surface area contributed by atoms with E-state index in [0.717, 1.165) is 42.2 Å². The van der Waals surface area contributed by atoms with Gasteiger partial charge in [0.05, 0.1) is 5.52 Å². The molecular formula is C20H22N4. The van der Waals surface area contributed by atoms with Crippen LogP contribution in [-0.2, 0) is 13.0 Å². The van der Waals surface area contributed by atoms with Crippen LogP contribution in [0, 0.1) is 0 Å². The molecule has 0 spiro atoms. The molecule has 1 aliphatic heterocycles. The average molecular weight is 318 g/mol. The van der Waals surface area contributed by atoms with Gasteiger partial charge in [0.1, 0.15) is 5.82 Å². The summed E-state index contributed by atoms with van der Waals surface area (Å²) in [4.78, 5) is 11.9. The number of nitrogens with zero attached hydrogens (tertiary/aromatic N) is 3. The van der Waals surface area contributed by atoms with Crippen molar-refractivity contribution in [2.24, 2.45) is 0 Å². The second kappa shape index (κ2) is 6.11. The van der Waals surface area contributed by atoms with E-state index in [2.05, 4.69) is 60.5 Å². The smallest absolute Gasteiger partial charge is 0.228 e. The maximum Gasteiger partial charge on any atom is 0.228 e. The van der Waals surface area contributed by atoms with Gasteiger partial charge in [-0.05, 0) is 43.5 Å². The van der Waals surface area contributed by atoms with Crippen LogP contribution in [-0.4, -0.2) is 22.6 Å². The van der Waals surface area contributed by atoms with Gasteiger partial charge in [0.25, 0.3) is 0 Å². The largest absolute Gasteiger partial charge is 0.367 e. The number of fused-ring (bicyclic) bond motifs is 2. The van der Waals surface area contributed by atoms with Crippen LogP contribution in [0.25, 0.3) is 10.9 Å². The summed E-state index contributed by atoms with van der Waals surface area (Å²) in [6, 6.07) is 17.2. The molecule has 0 fully saturated rings. The summed E-state index contributed by atoms with van der Waals surface area (Å²) in [6.45, 7) is 6.09. The van der Waals surface area contributed by atoms with Crippen molar-refractivity contribution in [3.05, 3.63) is 59.7 Å². The zero-order valence-electron chi connectivity index (χ0n) is 14.2. The van der Waals surface area contributed by atoms with Crippen molar-refractivity contribution >= 4 is 22.7 Å². The van der Waals surface area contributed by atoms with Gasteiger partial charge in [-0.2, -0.15) is 4.98 Å². The summed E-state index contributed by atoms with van der Waals surface area (Å²) in [7, 11) is 0. The van der Waals surface area contributed by atoms with Gasteiger partial charge in [0.15, 0.2) is 0 Å². The molecule has 4 nitrogen and oxygen atoms in total. The Labute approximate surface area is 142 Å². The van der Waals surface area contributed by atoms with E-state index in [1.807, 2.05) is 12.1 Å². The molecular weight excluding hydrogens is 296 g/mol. The SMILES string of the molecule is CC(C)Nc1nc(N2CCc3ccccc3C2)nc2ccccc12. The molecule has 4 heteroatoms. The third kappa shape index (κ3) is 2.80. The van der Waals surface area contributed by atoms with E-state index in [0.29, 0.717) is 6.04 Å². The van der Waals surface area contributed by atoms with Crippen molar-refractivity contribution in [2.75, 3.05) is 16.8 Å². The van der Waals surface area contributed by atoms with E-state index >= 15 is 0 Å². The molecule has 0 aliphatic carbocycles. The molecule has 2 aromatic carbocycles. The third-order valence-corrected chi connectivity index (χ3v) is 4.43. The lowest BCUT2D eigenvalue weighted by Crippen LogP contribution is -2.32. The summed E-state index contributed by atoms with van der Waals surface area (Å²) in [6.07, 6.45) is 1.04. The fourth-order valence-electron chi connectivity index (χ4n) is 3.26. The van der Waals surface area contributed by atoms with Crippen LogP contribution in [0.15, 0.2) is 48.5 Å². The Bertz CT molecular complexity index is 872. The van der Waals surface area contributed by atoms with E-state index < -0.39 is 0 Å². The summed E-state index contributed by atoms with van der Waals surface area (Å²) >= 11 is 0. The molecule has 122 valence electrons. The highest BCUT2D eigenvalue weighted by molar-refractivity contribution is 5.90. The van der Waals surface area contributed by atoms with Crippen LogP contribution < -0.4 is 10.2 Å². The van der Waals surface area contributed by atoms with Crippen LogP contribution in [0.3, 0.4) is 0 Å². The van der Waals surface area contributed by atoms with Gasteiger partial charge < -0.3 is 10.2 Å². The Morgan fingerprint density at radius 3 is 2.54 bits per heavy atom. The first-order chi connectivity index (χ1) is 11.7. The molecule has 0 unspecified atom stereocenters. The van der Waals surface area contributed by atoms with Crippen LogP contribution in [0.1, 0.15) is 25.0 Å². The maximum atomic E-state index is 4.84. The Kier molecular flexibility index (Phi) is 3.81. The first-order valence-corrected chi connectivity index (χ1v) is 8.56. The predicted molar refractivity (Wildman–Crippen MR) is 99.5 cm³/mol. The summed E-state index contributed by atoms with van der Waals surface area (Å²) in [5.41, 5.74) is 3.80. The topological polar surface area (TPSA) is 41.1 Å². The normalized spacial score (nSPS) is 14.0. The second-order valence-corrected chi connectivity index (χ2v) is 6.63. The Morgan fingerprint density at radius 2 is 1.71 bits per heavy atom. The fraction of sp³-hybridized carbons (Fsp3) is 0.300. The Hall–Kier alpha value is -2.62. The van der Waals surface area contributed by atoms with Gasteiger partial charge in [-0.3, -0.25) is 0 Å². The van der Waals surface area contributed by atoms with E-state index in [1.165, 1.54) is 11.1 Å². The summed E-state index contributed by atoms with van der Waals surface area (Å²) in [5, 5.41) is 4.54. The fourth-order valence-corrected chi connectivity index (χ4v) is 3.26. The quantitative estimate of drug-likeness (QED) is 0.792. The van der Waals surface area contributed by atoms with Gasteiger partial charge >= 0.3 is 0 Å². The molecule has 24 heavy (non-hydrogen) atoms. The highest BCUT2D eigenvalue weighted by Crippen LogP contribution is 2.27. The lowest BCUT2D eigenvalue weighted by molar-refractivity contribution is 0.709. The second-order valence-electron chi connectivity index (χ2n) is 6.63.